The number of hydrogen-bond donors (Lipinski definition) is 2. The molecule has 0 atom stereocenters. The molecular weight excluding hydrogens is 276 g/mol. The van der Waals surface area contributed by atoms with Crippen LogP contribution in [0.4, 0.5) is 10.5 Å². The second-order valence-corrected chi connectivity index (χ2v) is 5.09. The second-order valence-electron chi connectivity index (χ2n) is 5.09. The van der Waals surface area contributed by atoms with Gasteiger partial charge in [0.05, 0.1) is 6.54 Å². The lowest BCUT2D eigenvalue weighted by Crippen LogP contribution is -2.32. The van der Waals surface area contributed by atoms with Gasteiger partial charge in [-0.3, -0.25) is 0 Å². The topological polar surface area (TPSA) is 50.4 Å². The Hall–Kier alpha value is -2.49. The third-order valence-corrected chi connectivity index (χ3v) is 3.30. The maximum Gasteiger partial charge on any atom is 0.319 e. The normalized spacial score (nSPS) is 10.1. The molecule has 2 amide bonds. The van der Waals surface area contributed by atoms with Gasteiger partial charge in [0.25, 0.3) is 0 Å². The lowest BCUT2D eigenvalue weighted by molar-refractivity contribution is 0.247. The summed E-state index contributed by atoms with van der Waals surface area (Å²) in [5.74, 6) is 0.808. The number of urea groups is 1. The van der Waals surface area contributed by atoms with Gasteiger partial charge in [-0.25, -0.2) is 4.79 Å². The van der Waals surface area contributed by atoms with E-state index in [1.807, 2.05) is 55.5 Å². The van der Waals surface area contributed by atoms with Crippen LogP contribution >= 0.6 is 0 Å². The van der Waals surface area contributed by atoms with E-state index >= 15 is 0 Å². The van der Waals surface area contributed by atoms with Crippen LogP contribution in [0.5, 0.6) is 5.75 Å². The highest BCUT2D eigenvalue weighted by atomic mass is 16.5. The Morgan fingerprint density at radius 2 is 1.73 bits per heavy atom. The van der Waals surface area contributed by atoms with Gasteiger partial charge in [-0.1, -0.05) is 36.8 Å². The van der Waals surface area contributed by atoms with Crippen LogP contribution in [0.25, 0.3) is 0 Å². The highest BCUT2D eigenvalue weighted by molar-refractivity contribution is 5.89. The van der Waals surface area contributed by atoms with Crippen LogP contribution < -0.4 is 15.4 Å². The van der Waals surface area contributed by atoms with Gasteiger partial charge in [-0.05, 0) is 43.2 Å². The van der Waals surface area contributed by atoms with E-state index in [0.29, 0.717) is 13.2 Å². The van der Waals surface area contributed by atoms with E-state index in [9.17, 15) is 4.79 Å². The minimum atomic E-state index is -0.225. The zero-order chi connectivity index (χ0) is 15.8. The van der Waals surface area contributed by atoms with Gasteiger partial charge >= 0.3 is 6.03 Å². The molecule has 4 nitrogen and oxygen atoms in total. The van der Waals surface area contributed by atoms with Crippen LogP contribution in [0.15, 0.2) is 48.5 Å². The predicted molar refractivity (Wildman–Crippen MR) is 89.5 cm³/mol. The van der Waals surface area contributed by atoms with E-state index in [1.165, 1.54) is 11.1 Å². The summed E-state index contributed by atoms with van der Waals surface area (Å²) in [6.07, 6.45) is 0.989. The quantitative estimate of drug-likeness (QED) is 0.798. The number of nitrogens with one attached hydrogen (secondary N) is 2. The van der Waals surface area contributed by atoms with Crippen LogP contribution in [0.3, 0.4) is 0 Å². The van der Waals surface area contributed by atoms with Crippen molar-refractivity contribution in [1.29, 1.82) is 0 Å². The van der Waals surface area contributed by atoms with Crippen molar-refractivity contribution in [2.24, 2.45) is 0 Å². The van der Waals surface area contributed by atoms with E-state index in [4.69, 9.17) is 4.74 Å². The molecule has 2 rings (SSSR count). The summed E-state index contributed by atoms with van der Waals surface area (Å²) < 4.78 is 5.55. The molecule has 0 bridgehead atoms. The molecule has 2 aromatic carbocycles. The van der Waals surface area contributed by atoms with Crippen molar-refractivity contribution >= 4 is 11.7 Å². The number of amides is 2. The summed E-state index contributed by atoms with van der Waals surface area (Å²) in [6, 6.07) is 15.4. The monoisotopic (exact) mass is 298 g/mol. The van der Waals surface area contributed by atoms with Crippen molar-refractivity contribution in [3.8, 4) is 5.75 Å². The van der Waals surface area contributed by atoms with E-state index in [1.54, 1.807) is 0 Å². The molecule has 2 N–H and O–H groups in total. The van der Waals surface area contributed by atoms with Gasteiger partial charge in [0.15, 0.2) is 0 Å². The molecule has 4 heteroatoms. The van der Waals surface area contributed by atoms with Crippen LogP contribution in [-0.4, -0.2) is 19.2 Å². The Labute approximate surface area is 131 Å². The lowest BCUT2D eigenvalue weighted by Gasteiger charge is -2.09. The molecule has 0 aliphatic rings. The first-order chi connectivity index (χ1) is 10.7. The molecule has 0 fully saturated rings. The Bertz CT molecular complexity index is 591. The molecule has 0 aliphatic carbocycles. The number of benzene rings is 2. The molecule has 2 aromatic rings. The zero-order valence-corrected chi connectivity index (χ0v) is 13.1. The molecule has 116 valence electrons. The first kappa shape index (κ1) is 15.9. The molecule has 0 radical (unpaired) electrons. The second kappa shape index (κ2) is 8.08. The summed E-state index contributed by atoms with van der Waals surface area (Å²) >= 11 is 0. The van der Waals surface area contributed by atoms with Crippen molar-refractivity contribution in [1.82, 2.24) is 5.32 Å². The standard InChI is InChI=1S/C18H22N2O2/c1-3-15-6-8-16(9-7-15)20-18(21)19-12-13-22-17-10-4-14(2)5-11-17/h4-11H,3,12-13H2,1-2H3,(H2,19,20,21). The van der Waals surface area contributed by atoms with Crippen LogP contribution in [0.2, 0.25) is 0 Å². The van der Waals surface area contributed by atoms with Crippen molar-refractivity contribution in [2.45, 2.75) is 20.3 Å². The number of carbonyl (C=O) groups excluding carboxylic acids is 1. The number of aryl methyl sites for hydroxylation is 2. The van der Waals surface area contributed by atoms with Gasteiger partial charge in [-0.15, -0.1) is 0 Å². The minimum absolute atomic E-state index is 0.225. The molecule has 0 heterocycles. The zero-order valence-electron chi connectivity index (χ0n) is 13.1. The molecule has 0 aromatic heterocycles. The number of rotatable bonds is 6. The van der Waals surface area contributed by atoms with Crippen LogP contribution in [0.1, 0.15) is 18.1 Å². The van der Waals surface area contributed by atoms with Crippen LogP contribution in [-0.2, 0) is 6.42 Å². The van der Waals surface area contributed by atoms with E-state index < -0.39 is 0 Å². The van der Waals surface area contributed by atoms with Crippen molar-refractivity contribution < 1.29 is 9.53 Å². The number of ether oxygens (including phenoxy) is 1. The first-order valence-corrected chi connectivity index (χ1v) is 7.50. The average Bonchev–Trinajstić information content (AvgIpc) is 2.54. The summed E-state index contributed by atoms with van der Waals surface area (Å²) in [6.45, 7) is 5.02. The Balaban J connectivity index is 1.67. The fourth-order valence-electron chi connectivity index (χ4n) is 1.97. The molecule has 0 aliphatic heterocycles. The fourth-order valence-corrected chi connectivity index (χ4v) is 1.97. The van der Waals surface area contributed by atoms with Gasteiger partial charge in [0.2, 0.25) is 0 Å². The number of hydrogen-bond acceptors (Lipinski definition) is 2. The van der Waals surface area contributed by atoms with Gasteiger partial charge in [-0.2, -0.15) is 0 Å². The average molecular weight is 298 g/mol. The van der Waals surface area contributed by atoms with E-state index in [2.05, 4.69) is 17.6 Å². The maximum absolute atomic E-state index is 11.7. The van der Waals surface area contributed by atoms with E-state index in [-0.39, 0.29) is 6.03 Å². The van der Waals surface area contributed by atoms with Gasteiger partial charge in [0, 0.05) is 5.69 Å². The maximum atomic E-state index is 11.7. The molecular formula is C18H22N2O2. The number of anilines is 1. The third kappa shape index (κ3) is 5.13. The smallest absolute Gasteiger partial charge is 0.319 e. The van der Waals surface area contributed by atoms with Crippen molar-refractivity contribution in [2.75, 3.05) is 18.5 Å². The van der Waals surface area contributed by atoms with Gasteiger partial charge in [0.1, 0.15) is 12.4 Å². The summed E-state index contributed by atoms with van der Waals surface area (Å²) in [7, 11) is 0. The van der Waals surface area contributed by atoms with Crippen LogP contribution in [0, 0.1) is 6.92 Å². The Kier molecular flexibility index (Phi) is 5.83. The van der Waals surface area contributed by atoms with Crippen molar-refractivity contribution in [3.05, 3.63) is 59.7 Å². The summed E-state index contributed by atoms with van der Waals surface area (Å²) in [4.78, 5) is 11.7. The first-order valence-electron chi connectivity index (χ1n) is 7.50. The summed E-state index contributed by atoms with van der Waals surface area (Å²) in [5, 5.41) is 5.56. The molecule has 0 unspecified atom stereocenters. The summed E-state index contributed by atoms with van der Waals surface area (Å²) in [5.41, 5.74) is 3.23. The SMILES string of the molecule is CCc1ccc(NC(=O)NCCOc2ccc(C)cc2)cc1. The van der Waals surface area contributed by atoms with E-state index in [0.717, 1.165) is 17.9 Å². The van der Waals surface area contributed by atoms with Crippen molar-refractivity contribution in [3.63, 3.8) is 0 Å². The third-order valence-electron chi connectivity index (χ3n) is 3.30. The van der Waals surface area contributed by atoms with Gasteiger partial charge < -0.3 is 15.4 Å². The highest BCUT2D eigenvalue weighted by Crippen LogP contribution is 2.11. The lowest BCUT2D eigenvalue weighted by atomic mass is 10.1. The predicted octanol–water partition coefficient (Wildman–Crippen LogP) is 3.76. The highest BCUT2D eigenvalue weighted by Gasteiger charge is 2.01. The molecule has 22 heavy (non-hydrogen) atoms. The largest absolute Gasteiger partial charge is 0.492 e. The number of carbonyl (C=O) groups is 1. The Morgan fingerprint density at radius 3 is 2.36 bits per heavy atom. The minimum Gasteiger partial charge on any atom is -0.492 e. The molecule has 0 spiro atoms. The Morgan fingerprint density at radius 1 is 1.05 bits per heavy atom. The molecule has 0 saturated heterocycles. The fraction of sp³-hybridized carbons (Fsp3) is 0.278. The molecule has 0 saturated carbocycles.